The number of halogens is 2. The number of benzene rings is 2. The number of sulfonamides is 1. The van der Waals surface area contributed by atoms with Gasteiger partial charge in [-0.05, 0) is 31.2 Å². The Morgan fingerprint density at radius 2 is 1.90 bits per heavy atom. The molecule has 2 rings (SSSR count). The summed E-state index contributed by atoms with van der Waals surface area (Å²) in [6, 6.07) is 9.77. The predicted molar refractivity (Wildman–Crippen MR) is 79.8 cm³/mol. The zero-order valence-electron chi connectivity index (χ0n) is 11.1. The van der Waals surface area contributed by atoms with Crippen LogP contribution in [-0.2, 0) is 10.0 Å². The molecule has 2 aromatic rings. The molecule has 0 unspecified atom stereocenters. The second-order valence-electron chi connectivity index (χ2n) is 4.09. The van der Waals surface area contributed by atoms with Crippen molar-refractivity contribution in [2.24, 2.45) is 0 Å². The molecular weight excluding hydrogens is 317 g/mol. The van der Waals surface area contributed by atoms with Crippen LogP contribution in [-0.4, -0.2) is 15.0 Å². The molecule has 21 heavy (non-hydrogen) atoms. The van der Waals surface area contributed by atoms with Gasteiger partial charge in [0.05, 0.1) is 17.3 Å². The van der Waals surface area contributed by atoms with Crippen LogP contribution in [0.15, 0.2) is 47.4 Å². The number of anilines is 1. The van der Waals surface area contributed by atoms with Crippen LogP contribution in [0, 0.1) is 5.82 Å². The van der Waals surface area contributed by atoms with Crippen molar-refractivity contribution in [3.63, 3.8) is 0 Å². The highest BCUT2D eigenvalue weighted by atomic mass is 35.5. The number of hydrogen-bond acceptors (Lipinski definition) is 3. The Morgan fingerprint density at radius 3 is 2.57 bits per heavy atom. The average molecular weight is 330 g/mol. The van der Waals surface area contributed by atoms with Crippen molar-refractivity contribution >= 4 is 27.3 Å². The highest BCUT2D eigenvalue weighted by Crippen LogP contribution is 2.34. The van der Waals surface area contributed by atoms with E-state index in [4.69, 9.17) is 16.3 Å². The van der Waals surface area contributed by atoms with Gasteiger partial charge in [0.2, 0.25) is 0 Å². The van der Waals surface area contributed by atoms with Crippen LogP contribution in [0.4, 0.5) is 10.1 Å². The molecule has 0 saturated heterocycles. The second kappa shape index (κ2) is 6.32. The van der Waals surface area contributed by atoms with Gasteiger partial charge >= 0.3 is 0 Å². The predicted octanol–water partition coefficient (Wildman–Crippen LogP) is 3.68. The van der Waals surface area contributed by atoms with Crippen molar-refractivity contribution in [2.45, 2.75) is 11.8 Å². The van der Waals surface area contributed by atoms with Crippen molar-refractivity contribution in [1.82, 2.24) is 0 Å². The van der Waals surface area contributed by atoms with Gasteiger partial charge in [-0.15, -0.1) is 0 Å². The molecule has 0 aliphatic rings. The lowest BCUT2D eigenvalue weighted by Crippen LogP contribution is -2.15. The summed E-state index contributed by atoms with van der Waals surface area (Å²) in [7, 11) is -4.07. The standard InChI is InChI=1S/C14H13ClFNO3S/c1-2-20-14-10(15)6-5-8-12(14)17-21(18,19)13-9-4-3-7-11(13)16/h3-9,17H,2H2,1H3. The smallest absolute Gasteiger partial charge is 0.264 e. The molecule has 2 aromatic carbocycles. The molecule has 0 atom stereocenters. The van der Waals surface area contributed by atoms with Crippen LogP contribution in [0.3, 0.4) is 0 Å². The van der Waals surface area contributed by atoms with Crippen molar-refractivity contribution in [3.05, 3.63) is 53.3 Å². The molecule has 4 nitrogen and oxygen atoms in total. The first-order valence-electron chi connectivity index (χ1n) is 6.14. The first-order chi connectivity index (χ1) is 9.95. The summed E-state index contributed by atoms with van der Waals surface area (Å²) in [4.78, 5) is -0.438. The summed E-state index contributed by atoms with van der Waals surface area (Å²) in [5.41, 5.74) is 0.160. The van der Waals surface area contributed by atoms with Crippen LogP contribution < -0.4 is 9.46 Å². The van der Waals surface area contributed by atoms with Gasteiger partial charge in [-0.2, -0.15) is 0 Å². The third-order valence-electron chi connectivity index (χ3n) is 2.63. The zero-order chi connectivity index (χ0) is 15.5. The SMILES string of the molecule is CCOc1c(Cl)cccc1NS(=O)(=O)c1ccccc1F. The van der Waals surface area contributed by atoms with E-state index in [1.54, 1.807) is 19.1 Å². The van der Waals surface area contributed by atoms with E-state index < -0.39 is 20.7 Å². The molecule has 0 aliphatic heterocycles. The molecular formula is C14H13ClFNO3S. The summed E-state index contributed by atoms with van der Waals surface area (Å²) >= 11 is 5.98. The molecule has 1 N–H and O–H groups in total. The average Bonchev–Trinajstić information content (AvgIpc) is 2.43. The molecule has 0 spiro atoms. The molecule has 7 heteroatoms. The van der Waals surface area contributed by atoms with E-state index in [0.717, 1.165) is 6.07 Å². The lowest BCUT2D eigenvalue weighted by molar-refractivity contribution is 0.342. The molecule has 0 fully saturated rings. The Balaban J connectivity index is 2.42. The molecule has 0 heterocycles. The largest absolute Gasteiger partial charge is 0.490 e. The quantitative estimate of drug-likeness (QED) is 0.910. The number of rotatable bonds is 5. The molecule has 0 amide bonds. The molecule has 112 valence electrons. The van der Waals surface area contributed by atoms with Gasteiger partial charge < -0.3 is 4.74 Å². The Morgan fingerprint density at radius 1 is 1.19 bits per heavy atom. The first-order valence-corrected chi connectivity index (χ1v) is 8.00. The minimum absolute atomic E-state index is 0.160. The van der Waals surface area contributed by atoms with Gasteiger partial charge in [0, 0.05) is 0 Å². The molecule has 0 bridgehead atoms. The van der Waals surface area contributed by atoms with Crippen LogP contribution >= 0.6 is 11.6 Å². The Bertz CT molecular complexity index is 750. The number of para-hydroxylation sites is 1. The van der Waals surface area contributed by atoms with Crippen LogP contribution in [0.25, 0.3) is 0 Å². The topological polar surface area (TPSA) is 55.4 Å². The lowest BCUT2D eigenvalue weighted by atomic mass is 10.3. The van der Waals surface area contributed by atoms with Crippen LogP contribution in [0.5, 0.6) is 5.75 Å². The number of hydrogen-bond donors (Lipinski definition) is 1. The summed E-state index contributed by atoms with van der Waals surface area (Å²) in [6.45, 7) is 2.07. The Labute approximate surface area is 127 Å². The summed E-state index contributed by atoms with van der Waals surface area (Å²) in [6.07, 6.45) is 0. The summed E-state index contributed by atoms with van der Waals surface area (Å²) in [5, 5.41) is 0.269. The number of nitrogens with one attached hydrogen (secondary N) is 1. The van der Waals surface area contributed by atoms with E-state index in [0.29, 0.717) is 6.61 Å². The maximum atomic E-state index is 13.6. The maximum absolute atomic E-state index is 13.6. The van der Waals surface area contributed by atoms with Gasteiger partial charge in [-0.3, -0.25) is 4.72 Å². The zero-order valence-corrected chi connectivity index (χ0v) is 12.7. The summed E-state index contributed by atoms with van der Waals surface area (Å²) in [5.74, 6) is -0.619. The van der Waals surface area contributed by atoms with E-state index in [1.165, 1.54) is 24.3 Å². The third-order valence-corrected chi connectivity index (χ3v) is 4.32. The second-order valence-corrected chi connectivity index (χ2v) is 6.14. The van der Waals surface area contributed by atoms with E-state index in [2.05, 4.69) is 4.72 Å². The van der Waals surface area contributed by atoms with Gasteiger partial charge in [-0.25, -0.2) is 12.8 Å². The first kappa shape index (κ1) is 15.6. The van der Waals surface area contributed by atoms with E-state index in [1.807, 2.05) is 0 Å². The molecule has 0 aromatic heterocycles. The van der Waals surface area contributed by atoms with Gasteiger partial charge in [0.15, 0.2) is 5.75 Å². The summed E-state index contributed by atoms with van der Waals surface area (Å²) < 4.78 is 45.7. The normalized spacial score (nSPS) is 11.2. The Kier molecular flexibility index (Phi) is 4.69. The lowest BCUT2D eigenvalue weighted by Gasteiger charge is -2.14. The van der Waals surface area contributed by atoms with Crippen molar-refractivity contribution in [3.8, 4) is 5.75 Å². The van der Waals surface area contributed by atoms with E-state index in [9.17, 15) is 12.8 Å². The molecule has 0 aliphatic carbocycles. The fraction of sp³-hybridized carbons (Fsp3) is 0.143. The van der Waals surface area contributed by atoms with Crippen molar-refractivity contribution < 1.29 is 17.5 Å². The van der Waals surface area contributed by atoms with Gasteiger partial charge in [0.25, 0.3) is 10.0 Å². The number of ether oxygens (including phenoxy) is 1. The van der Waals surface area contributed by atoms with Gasteiger partial charge in [0.1, 0.15) is 10.7 Å². The highest BCUT2D eigenvalue weighted by molar-refractivity contribution is 7.92. The third kappa shape index (κ3) is 3.46. The molecule has 0 radical (unpaired) electrons. The maximum Gasteiger partial charge on any atom is 0.264 e. The van der Waals surface area contributed by atoms with Gasteiger partial charge in [-0.1, -0.05) is 29.8 Å². The minimum atomic E-state index is -4.07. The fourth-order valence-electron chi connectivity index (χ4n) is 1.74. The Hall–Kier alpha value is -1.79. The van der Waals surface area contributed by atoms with Crippen LogP contribution in [0.1, 0.15) is 6.92 Å². The molecule has 0 saturated carbocycles. The fourth-order valence-corrected chi connectivity index (χ4v) is 3.11. The van der Waals surface area contributed by atoms with Crippen molar-refractivity contribution in [1.29, 1.82) is 0 Å². The highest BCUT2D eigenvalue weighted by Gasteiger charge is 2.21. The monoisotopic (exact) mass is 329 g/mol. The van der Waals surface area contributed by atoms with E-state index >= 15 is 0 Å². The van der Waals surface area contributed by atoms with Crippen molar-refractivity contribution in [2.75, 3.05) is 11.3 Å². The van der Waals surface area contributed by atoms with Crippen LogP contribution in [0.2, 0.25) is 5.02 Å². The van der Waals surface area contributed by atoms with E-state index in [-0.39, 0.29) is 16.5 Å². The minimum Gasteiger partial charge on any atom is -0.490 e.